The molecule has 0 aliphatic rings. The van der Waals surface area contributed by atoms with E-state index in [1.165, 1.54) is 35.2 Å². The minimum absolute atomic E-state index is 0.0418. The van der Waals surface area contributed by atoms with Crippen LogP contribution in [0.25, 0.3) is 0 Å². The Morgan fingerprint density at radius 3 is 2.59 bits per heavy atom. The van der Waals surface area contributed by atoms with Crippen LogP contribution in [-0.4, -0.2) is 28.0 Å². The molecule has 0 amide bonds. The predicted molar refractivity (Wildman–Crippen MR) is 96.0 cm³/mol. The highest BCUT2D eigenvalue weighted by atomic mass is 16.5. The number of rotatable bonds is 6. The molecule has 0 atom stereocenters. The van der Waals surface area contributed by atoms with Crippen molar-refractivity contribution >= 4 is 11.8 Å². The molecule has 0 aliphatic carbocycles. The van der Waals surface area contributed by atoms with Gasteiger partial charge in [-0.3, -0.25) is 9.59 Å². The Hall–Kier alpha value is -3.61. The number of esters is 1. The molecule has 1 aromatic carbocycles. The number of ketones is 1. The molecule has 3 aromatic rings. The van der Waals surface area contributed by atoms with Crippen molar-refractivity contribution in [3.63, 3.8) is 0 Å². The normalized spacial score (nSPS) is 10.6. The van der Waals surface area contributed by atoms with Gasteiger partial charge in [-0.1, -0.05) is 12.1 Å². The quantitative estimate of drug-likeness (QED) is 0.531. The van der Waals surface area contributed by atoms with Gasteiger partial charge < -0.3 is 18.8 Å². The number of carbonyl (C=O) groups is 2. The maximum absolute atomic E-state index is 12.8. The van der Waals surface area contributed by atoms with Gasteiger partial charge in [0.25, 0.3) is 5.56 Å². The van der Waals surface area contributed by atoms with E-state index >= 15 is 0 Å². The third-order valence-corrected chi connectivity index (χ3v) is 3.90. The van der Waals surface area contributed by atoms with Crippen molar-refractivity contribution in [3.05, 3.63) is 87.7 Å². The van der Waals surface area contributed by atoms with Crippen molar-refractivity contribution < 1.29 is 23.8 Å². The summed E-state index contributed by atoms with van der Waals surface area (Å²) in [6, 6.07) is 10.6. The van der Waals surface area contributed by atoms with Crippen molar-refractivity contribution in [1.29, 1.82) is 0 Å². The van der Waals surface area contributed by atoms with Gasteiger partial charge in [-0.05, 0) is 37.3 Å². The zero-order valence-corrected chi connectivity index (χ0v) is 14.5. The third-order valence-electron chi connectivity index (χ3n) is 3.90. The highest BCUT2D eigenvalue weighted by Gasteiger charge is 2.21. The average Bonchev–Trinajstić information content (AvgIpc) is 3.16. The summed E-state index contributed by atoms with van der Waals surface area (Å²) in [7, 11) is 0. The summed E-state index contributed by atoms with van der Waals surface area (Å²) >= 11 is 0. The fourth-order valence-corrected chi connectivity index (χ4v) is 2.62. The highest BCUT2D eigenvalue weighted by molar-refractivity contribution is 6.11. The van der Waals surface area contributed by atoms with Crippen molar-refractivity contribution in [2.24, 2.45) is 0 Å². The first kappa shape index (κ1) is 18.2. The van der Waals surface area contributed by atoms with Gasteiger partial charge in [0.05, 0.1) is 25.0 Å². The van der Waals surface area contributed by atoms with Crippen LogP contribution in [0.1, 0.15) is 39.0 Å². The molecule has 27 heavy (non-hydrogen) atoms. The van der Waals surface area contributed by atoms with Gasteiger partial charge in [-0.15, -0.1) is 0 Å². The molecule has 0 unspecified atom stereocenters. The van der Waals surface area contributed by atoms with E-state index in [-0.39, 0.29) is 35.6 Å². The molecule has 1 N–H and O–H groups in total. The van der Waals surface area contributed by atoms with Gasteiger partial charge >= 0.3 is 5.97 Å². The lowest BCUT2D eigenvalue weighted by atomic mass is 10.0. The Morgan fingerprint density at radius 1 is 1.15 bits per heavy atom. The monoisotopic (exact) mass is 367 g/mol. The second-order valence-corrected chi connectivity index (χ2v) is 5.72. The van der Waals surface area contributed by atoms with Crippen molar-refractivity contribution in [3.8, 4) is 5.75 Å². The topological polar surface area (TPSA) is 98.7 Å². The van der Waals surface area contributed by atoms with Crippen LogP contribution in [0.5, 0.6) is 5.75 Å². The highest BCUT2D eigenvalue weighted by Crippen LogP contribution is 2.20. The van der Waals surface area contributed by atoms with Crippen LogP contribution in [-0.2, 0) is 11.3 Å². The molecule has 138 valence electrons. The second kappa shape index (κ2) is 7.74. The molecule has 0 radical (unpaired) electrons. The van der Waals surface area contributed by atoms with E-state index < -0.39 is 17.3 Å². The van der Waals surface area contributed by atoms with Gasteiger partial charge in [0.15, 0.2) is 5.78 Å². The van der Waals surface area contributed by atoms with E-state index in [0.29, 0.717) is 5.76 Å². The number of ether oxygens (including phenoxy) is 1. The molecule has 7 heteroatoms. The summed E-state index contributed by atoms with van der Waals surface area (Å²) in [4.78, 5) is 37.6. The summed E-state index contributed by atoms with van der Waals surface area (Å²) in [5, 5.41) is 9.94. The average molecular weight is 367 g/mol. The lowest BCUT2D eigenvalue weighted by Crippen LogP contribution is -2.29. The summed E-state index contributed by atoms with van der Waals surface area (Å²) in [5.74, 6) is -1.04. The van der Waals surface area contributed by atoms with E-state index in [1.54, 1.807) is 31.2 Å². The number of phenolic OH excluding ortho intramolecular Hbond substituents is 1. The Morgan fingerprint density at radius 2 is 1.93 bits per heavy atom. The number of pyridine rings is 1. The third kappa shape index (κ3) is 3.82. The van der Waals surface area contributed by atoms with Crippen LogP contribution in [0.15, 0.2) is 64.1 Å². The first-order valence-electron chi connectivity index (χ1n) is 8.28. The number of aromatic hydroxyl groups is 1. The van der Waals surface area contributed by atoms with E-state index in [2.05, 4.69) is 0 Å². The van der Waals surface area contributed by atoms with E-state index in [9.17, 15) is 19.5 Å². The SMILES string of the molecule is CCOC(=O)c1cc(C(=O)c2ccccc2O)cn(Cc2ccco2)c1=O. The number of benzene rings is 1. The summed E-state index contributed by atoms with van der Waals surface area (Å²) in [6.45, 7) is 1.75. The molecule has 0 spiro atoms. The van der Waals surface area contributed by atoms with Crippen LogP contribution in [0.4, 0.5) is 0 Å². The summed E-state index contributed by atoms with van der Waals surface area (Å²) in [6.07, 6.45) is 2.80. The lowest BCUT2D eigenvalue weighted by Gasteiger charge is -2.11. The maximum atomic E-state index is 12.8. The largest absolute Gasteiger partial charge is 0.507 e. The molecule has 0 saturated carbocycles. The van der Waals surface area contributed by atoms with E-state index in [0.717, 1.165) is 0 Å². The Kier molecular flexibility index (Phi) is 5.21. The maximum Gasteiger partial charge on any atom is 0.343 e. The number of furan rings is 1. The smallest absolute Gasteiger partial charge is 0.343 e. The molecule has 2 heterocycles. The molecule has 0 aliphatic heterocycles. The Bertz CT molecular complexity index is 1030. The second-order valence-electron chi connectivity index (χ2n) is 5.72. The number of phenols is 1. The Balaban J connectivity index is 2.11. The fraction of sp³-hybridized carbons (Fsp3) is 0.150. The standard InChI is InChI=1S/C20H17NO6/c1-2-26-20(25)16-10-13(18(23)15-7-3-4-8-17(15)22)11-21(19(16)24)12-14-6-5-9-27-14/h3-11,22H,2,12H2,1H3. The summed E-state index contributed by atoms with van der Waals surface area (Å²) < 4.78 is 11.4. The number of nitrogens with zero attached hydrogens (tertiary/aromatic N) is 1. The van der Waals surface area contributed by atoms with Gasteiger partial charge in [0.1, 0.15) is 17.1 Å². The molecule has 0 bridgehead atoms. The van der Waals surface area contributed by atoms with Gasteiger partial charge in [0, 0.05) is 11.8 Å². The van der Waals surface area contributed by atoms with Crippen LogP contribution < -0.4 is 5.56 Å². The summed E-state index contributed by atoms with van der Waals surface area (Å²) in [5.41, 5.74) is -0.718. The van der Waals surface area contributed by atoms with Gasteiger partial charge in [-0.2, -0.15) is 0 Å². The van der Waals surface area contributed by atoms with E-state index in [1.807, 2.05) is 0 Å². The predicted octanol–water partition coefficient (Wildman–Crippen LogP) is 2.60. The number of aromatic nitrogens is 1. The number of para-hydroxylation sites is 1. The molecule has 3 rings (SSSR count). The first-order chi connectivity index (χ1) is 13.0. The van der Waals surface area contributed by atoms with Crippen LogP contribution >= 0.6 is 0 Å². The van der Waals surface area contributed by atoms with E-state index in [4.69, 9.17) is 9.15 Å². The van der Waals surface area contributed by atoms with Crippen LogP contribution in [0, 0.1) is 0 Å². The molecular weight excluding hydrogens is 350 g/mol. The van der Waals surface area contributed by atoms with Gasteiger partial charge in [0.2, 0.25) is 0 Å². The van der Waals surface area contributed by atoms with Crippen LogP contribution in [0.2, 0.25) is 0 Å². The molecular formula is C20H17NO6. The molecule has 0 saturated heterocycles. The van der Waals surface area contributed by atoms with Crippen LogP contribution in [0.3, 0.4) is 0 Å². The van der Waals surface area contributed by atoms with Crippen molar-refractivity contribution in [2.75, 3.05) is 6.61 Å². The minimum Gasteiger partial charge on any atom is -0.507 e. The number of carbonyl (C=O) groups excluding carboxylic acids is 2. The number of hydrogen-bond acceptors (Lipinski definition) is 6. The Labute approximate surface area is 154 Å². The van der Waals surface area contributed by atoms with Crippen molar-refractivity contribution in [1.82, 2.24) is 4.57 Å². The first-order valence-corrected chi connectivity index (χ1v) is 8.28. The molecule has 2 aromatic heterocycles. The molecule has 7 nitrogen and oxygen atoms in total. The minimum atomic E-state index is -0.817. The fourth-order valence-electron chi connectivity index (χ4n) is 2.62. The van der Waals surface area contributed by atoms with Crippen molar-refractivity contribution in [2.45, 2.75) is 13.5 Å². The lowest BCUT2D eigenvalue weighted by molar-refractivity contribution is 0.0523. The molecule has 0 fully saturated rings. The van der Waals surface area contributed by atoms with Gasteiger partial charge in [-0.25, -0.2) is 4.79 Å². The number of hydrogen-bond donors (Lipinski definition) is 1. The zero-order valence-electron chi connectivity index (χ0n) is 14.5. The zero-order chi connectivity index (χ0) is 19.4.